The molecule has 2 aliphatic rings. The number of piperidine rings is 1. The van der Waals surface area contributed by atoms with Gasteiger partial charge in [-0.3, -0.25) is 9.78 Å². The van der Waals surface area contributed by atoms with E-state index in [1.54, 1.807) is 12.4 Å². The van der Waals surface area contributed by atoms with E-state index in [9.17, 15) is 4.79 Å². The van der Waals surface area contributed by atoms with Crippen molar-refractivity contribution in [2.24, 2.45) is 11.8 Å². The Kier molecular flexibility index (Phi) is 5.83. The van der Waals surface area contributed by atoms with E-state index in [1.165, 1.54) is 11.1 Å². The monoisotopic (exact) mass is 364 g/mol. The van der Waals surface area contributed by atoms with E-state index in [2.05, 4.69) is 34.1 Å². The van der Waals surface area contributed by atoms with E-state index in [-0.39, 0.29) is 0 Å². The number of amides is 1. The topological polar surface area (TPSA) is 42.4 Å². The maximum Gasteiger partial charge on any atom is 0.225 e. The maximum absolute atomic E-state index is 12.2. The smallest absolute Gasteiger partial charge is 0.225 e. The Morgan fingerprint density at radius 3 is 2.11 bits per heavy atom. The third-order valence-corrected chi connectivity index (χ3v) is 5.69. The van der Waals surface area contributed by atoms with Crippen molar-refractivity contribution < 1.29 is 9.53 Å². The van der Waals surface area contributed by atoms with Crippen molar-refractivity contribution in [1.29, 1.82) is 0 Å². The molecular weight excluding hydrogens is 336 g/mol. The molecule has 0 spiro atoms. The fourth-order valence-electron chi connectivity index (χ4n) is 3.82. The first-order chi connectivity index (χ1) is 13.3. The van der Waals surface area contributed by atoms with Crippen molar-refractivity contribution in [3.63, 3.8) is 0 Å². The Hall–Kier alpha value is -2.20. The lowest BCUT2D eigenvalue weighted by Gasteiger charge is -2.32. The molecule has 0 N–H and O–H groups in total. The first kappa shape index (κ1) is 18.2. The number of nitrogens with zero attached hydrogens (tertiary/aromatic N) is 2. The molecule has 1 amide bonds. The van der Waals surface area contributed by atoms with Crippen molar-refractivity contribution >= 4 is 5.91 Å². The van der Waals surface area contributed by atoms with Gasteiger partial charge in [0.1, 0.15) is 0 Å². The lowest BCUT2D eigenvalue weighted by molar-refractivity contribution is -0.133. The van der Waals surface area contributed by atoms with Gasteiger partial charge in [0.15, 0.2) is 0 Å². The Morgan fingerprint density at radius 2 is 1.48 bits per heavy atom. The normalized spacial score (nSPS) is 17.9. The van der Waals surface area contributed by atoms with Crippen LogP contribution >= 0.6 is 0 Å². The van der Waals surface area contributed by atoms with Gasteiger partial charge in [0.25, 0.3) is 0 Å². The second-order valence-corrected chi connectivity index (χ2v) is 7.91. The van der Waals surface area contributed by atoms with Crippen LogP contribution in [0, 0.1) is 11.8 Å². The van der Waals surface area contributed by atoms with Gasteiger partial charge in [-0.1, -0.05) is 24.3 Å². The standard InChI is InChI=1S/C23H28N2O2/c26-23(22-5-6-22)25-13-9-19(10-14-25)15-18-1-3-20(4-2-18)16-27-17-21-7-11-24-12-8-21/h1-4,7-8,11-12,19,22H,5-6,9-10,13-17H2. The molecule has 1 aromatic heterocycles. The Bertz CT molecular complexity index is 733. The van der Waals surface area contributed by atoms with Crippen LogP contribution in [0.5, 0.6) is 0 Å². The number of rotatable bonds is 7. The van der Waals surface area contributed by atoms with Crippen molar-refractivity contribution in [3.8, 4) is 0 Å². The summed E-state index contributed by atoms with van der Waals surface area (Å²) in [5, 5.41) is 0. The molecule has 0 bridgehead atoms. The molecule has 2 heterocycles. The average molecular weight is 364 g/mol. The minimum absolute atomic E-state index is 0.356. The highest BCUT2D eigenvalue weighted by atomic mass is 16.5. The highest BCUT2D eigenvalue weighted by molar-refractivity contribution is 5.81. The molecule has 0 radical (unpaired) electrons. The Morgan fingerprint density at radius 1 is 0.889 bits per heavy atom. The molecule has 4 rings (SSSR count). The van der Waals surface area contributed by atoms with Gasteiger partial charge in [0.05, 0.1) is 13.2 Å². The summed E-state index contributed by atoms with van der Waals surface area (Å²) in [5.74, 6) is 1.46. The summed E-state index contributed by atoms with van der Waals surface area (Å²) in [5.41, 5.74) is 3.74. The zero-order chi connectivity index (χ0) is 18.5. The van der Waals surface area contributed by atoms with Crippen LogP contribution in [0.1, 0.15) is 42.4 Å². The molecule has 4 heteroatoms. The van der Waals surface area contributed by atoms with Gasteiger partial charge in [-0.05, 0) is 66.8 Å². The van der Waals surface area contributed by atoms with Crippen LogP contribution in [0.25, 0.3) is 0 Å². The SMILES string of the molecule is O=C(C1CC1)N1CCC(Cc2ccc(COCc3ccncc3)cc2)CC1. The summed E-state index contributed by atoms with van der Waals surface area (Å²) in [7, 11) is 0. The fourth-order valence-corrected chi connectivity index (χ4v) is 3.82. The molecular formula is C23H28N2O2. The molecule has 1 saturated heterocycles. The van der Waals surface area contributed by atoms with Crippen LogP contribution in [0.15, 0.2) is 48.8 Å². The van der Waals surface area contributed by atoms with Crippen molar-refractivity contribution in [3.05, 3.63) is 65.5 Å². The summed E-state index contributed by atoms with van der Waals surface area (Å²) in [6.45, 7) is 3.13. The molecule has 1 aromatic carbocycles. The van der Waals surface area contributed by atoms with Gasteiger partial charge in [-0.15, -0.1) is 0 Å². The van der Waals surface area contributed by atoms with E-state index in [0.717, 1.165) is 50.8 Å². The van der Waals surface area contributed by atoms with E-state index in [1.807, 2.05) is 12.1 Å². The summed E-state index contributed by atoms with van der Waals surface area (Å²) >= 11 is 0. The van der Waals surface area contributed by atoms with Crippen LogP contribution in [0.3, 0.4) is 0 Å². The number of hydrogen-bond donors (Lipinski definition) is 0. The summed E-state index contributed by atoms with van der Waals surface area (Å²) in [4.78, 5) is 18.3. The number of benzene rings is 1. The van der Waals surface area contributed by atoms with Crippen LogP contribution in [-0.4, -0.2) is 28.9 Å². The van der Waals surface area contributed by atoms with Crippen molar-refractivity contribution in [2.45, 2.75) is 45.3 Å². The molecule has 27 heavy (non-hydrogen) atoms. The molecule has 4 nitrogen and oxygen atoms in total. The van der Waals surface area contributed by atoms with Crippen LogP contribution < -0.4 is 0 Å². The Balaban J connectivity index is 1.19. The molecule has 142 valence electrons. The molecule has 1 saturated carbocycles. The number of ether oxygens (including phenoxy) is 1. The van der Waals surface area contributed by atoms with Gasteiger partial charge < -0.3 is 9.64 Å². The highest BCUT2D eigenvalue weighted by Gasteiger charge is 2.34. The third kappa shape index (κ3) is 5.16. The lowest BCUT2D eigenvalue weighted by Crippen LogP contribution is -2.39. The first-order valence-corrected chi connectivity index (χ1v) is 10.1. The molecule has 1 aliphatic heterocycles. The number of aromatic nitrogens is 1. The number of pyridine rings is 1. The molecule has 0 unspecified atom stereocenters. The fraction of sp³-hybridized carbons (Fsp3) is 0.478. The molecule has 1 aliphatic carbocycles. The first-order valence-electron chi connectivity index (χ1n) is 10.1. The van der Waals surface area contributed by atoms with Crippen molar-refractivity contribution in [1.82, 2.24) is 9.88 Å². The quantitative estimate of drug-likeness (QED) is 0.746. The maximum atomic E-state index is 12.2. The van der Waals surface area contributed by atoms with Crippen molar-refractivity contribution in [2.75, 3.05) is 13.1 Å². The van der Waals surface area contributed by atoms with Gasteiger partial charge in [0.2, 0.25) is 5.91 Å². The van der Waals surface area contributed by atoms with E-state index >= 15 is 0 Å². The van der Waals surface area contributed by atoms with Gasteiger partial charge >= 0.3 is 0 Å². The predicted molar refractivity (Wildman–Crippen MR) is 105 cm³/mol. The van der Waals surface area contributed by atoms with Gasteiger partial charge in [0, 0.05) is 31.4 Å². The van der Waals surface area contributed by atoms with E-state index < -0.39 is 0 Å². The summed E-state index contributed by atoms with van der Waals surface area (Å²) in [6.07, 6.45) is 9.18. The van der Waals surface area contributed by atoms with Crippen LogP contribution in [0.2, 0.25) is 0 Å². The molecule has 2 aromatic rings. The summed E-state index contributed by atoms with van der Waals surface area (Å²) in [6, 6.07) is 12.8. The number of carbonyl (C=O) groups excluding carboxylic acids is 1. The number of hydrogen-bond acceptors (Lipinski definition) is 3. The predicted octanol–water partition coefficient (Wildman–Crippen LogP) is 3.99. The second kappa shape index (κ2) is 8.66. The highest BCUT2D eigenvalue weighted by Crippen LogP contribution is 2.32. The van der Waals surface area contributed by atoms with Crippen LogP contribution in [-0.2, 0) is 29.2 Å². The number of carbonyl (C=O) groups is 1. The van der Waals surface area contributed by atoms with Gasteiger partial charge in [-0.25, -0.2) is 0 Å². The molecule has 2 fully saturated rings. The summed E-state index contributed by atoms with van der Waals surface area (Å²) < 4.78 is 5.79. The zero-order valence-corrected chi connectivity index (χ0v) is 15.8. The minimum atomic E-state index is 0.356. The minimum Gasteiger partial charge on any atom is -0.372 e. The molecule has 0 atom stereocenters. The largest absolute Gasteiger partial charge is 0.372 e. The zero-order valence-electron chi connectivity index (χ0n) is 15.8. The van der Waals surface area contributed by atoms with E-state index in [0.29, 0.717) is 31.0 Å². The number of likely N-dealkylation sites (tertiary alicyclic amines) is 1. The van der Waals surface area contributed by atoms with Crippen LogP contribution in [0.4, 0.5) is 0 Å². The van der Waals surface area contributed by atoms with E-state index in [4.69, 9.17) is 4.74 Å². The average Bonchev–Trinajstić information content (AvgIpc) is 3.56. The Labute approximate surface area is 161 Å². The third-order valence-electron chi connectivity index (χ3n) is 5.69. The second-order valence-electron chi connectivity index (χ2n) is 7.91. The lowest BCUT2D eigenvalue weighted by atomic mass is 9.90. The van der Waals surface area contributed by atoms with Gasteiger partial charge in [-0.2, -0.15) is 0 Å².